The van der Waals surface area contributed by atoms with Gasteiger partial charge in [-0.25, -0.2) is 9.59 Å². The summed E-state index contributed by atoms with van der Waals surface area (Å²) >= 11 is 0. The van der Waals surface area contributed by atoms with Crippen molar-refractivity contribution < 1.29 is 14.7 Å². The Balaban J connectivity index is 2.61. The van der Waals surface area contributed by atoms with E-state index in [2.05, 4.69) is 5.32 Å². The van der Waals surface area contributed by atoms with Crippen LogP contribution in [0, 0.1) is 11.8 Å². The maximum absolute atomic E-state index is 12.1. The molecule has 0 aromatic carbocycles. The van der Waals surface area contributed by atoms with Crippen LogP contribution in [-0.4, -0.2) is 40.6 Å². The second kappa shape index (κ2) is 6.07. The van der Waals surface area contributed by atoms with Gasteiger partial charge in [-0.2, -0.15) is 0 Å². The van der Waals surface area contributed by atoms with Crippen LogP contribution in [0.2, 0.25) is 0 Å². The van der Waals surface area contributed by atoms with E-state index >= 15 is 0 Å². The van der Waals surface area contributed by atoms with Crippen LogP contribution in [0.1, 0.15) is 40.5 Å². The number of carbonyl (C=O) groups is 2. The molecule has 0 radical (unpaired) electrons. The molecular weight excluding hydrogens is 232 g/mol. The normalized spacial score (nSPS) is 16.8. The summed E-state index contributed by atoms with van der Waals surface area (Å²) in [7, 11) is 0. The second-order valence-electron chi connectivity index (χ2n) is 5.70. The SMILES string of the molecule is CC(C)C(NC(=O)N(CC1CC1)C(C)C)C(=O)O. The summed E-state index contributed by atoms with van der Waals surface area (Å²) in [6.07, 6.45) is 2.34. The minimum atomic E-state index is -0.978. The molecule has 1 rings (SSSR count). The molecule has 1 saturated carbocycles. The molecule has 18 heavy (non-hydrogen) atoms. The summed E-state index contributed by atoms with van der Waals surface area (Å²) in [4.78, 5) is 24.9. The van der Waals surface area contributed by atoms with Gasteiger partial charge in [0.2, 0.25) is 0 Å². The molecule has 1 atom stereocenters. The van der Waals surface area contributed by atoms with Gasteiger partial charge in [-0.1, -0.05) is 13.8 Å². The van der Waals surface area contributed by atoms with Crippen molar-refractivity contribution in [3.8, 4) is 0 Å². The number of carboxylic acids is 1. The van der Waals surface area contributed by atoms with E-state index in [1.165, 1.54) is 12.8 Å². The Labute approximate surface area is 109 Å². The van der Waals surface area contributed by atoms with E-state index in [9.17, 15) is 9.59 Å². The molecular formula is C13H24N2O3. The monoisotopic (exact) mass is 256 g/mol. The fourth-order valence-corrected chi connectivity index (χ4v) is 1.84. The van der Waals surface area contributed by atoms with Gasteiger partial charge < -0.3 is 15.3 Å². The molecule has 0 spiro atoms. The smallest absolute Gasteiger partial charge is 0.326 e. The highest BCUT2D eigenvalue weighted by Gasteiger charge is 2.31. The van der Waals surface area contributed by atoms with Gasteiger partial charge in [0.15, 0.2) is 0 Å². The molecule has 0 bridgehead atoms. The van der Waals surface area contributed by atoms with Crippen LogP contribution in [0.5, 0.6) is 0 Å². The third-order valence-corrected chi connectivity index (χ3v) is 3.25. The number of urea groups is 1. The van der Waals surface area contributed by atoms with Crippen LogP contribution in [0.4, 0.5) is 4.79 Å². The Morgan fingerprint density at radius 3 is 2.17 bits per heavy atom. The van der Waals surface area contributed by atoms with Crippen molar-refractivity contribution in [2.75, 3.05) is 6.54 Å². The molecule has 1 aliphatic carbocycles. The van der Waals surface area contributed by atoms with E-state index in [0.29, 0.717) is 5.92 Å². The number of rotatable bonds is 6. The number of hydrogen-bond donors (Lipinski definition) is 2. The van der Waals surface area contributed by atoms with Crippen LogP contribution < -0.4 is 5.32 Å². The first-order valence-electron chi connectivity index (χ1n) is 6.62. The van der Waals surface area contributed by atoms with Crippen molar-refractivity contribution in [1.82, 2.24) is 10.2 Å². The zero-order valence-electron chi connectivity index (χ0n) is 11.6. The first kappa shape index (κ1) is 14.8. The molecule has 1 fully saturated rings. The fourth-order valence-electron chi connectivity index (χ4n) is 1.84. The van der Waals surface area contributed by atoms with E-state index in [1.54, 1.807) is 18.7 Å². The third-order valence-electron chi connectivity index (χ3n) is 3.25. The van der Waals surface area contributed by atoms with Crippen LogP contribution in [0.3, 0.4) is 0 Å². The average molecular weight is 256 g/mol. The molecule has 104 valence electrons. The largest absolute Gasteiger partial charge is 0.480 e. The van der Waals surface area contributed by atoms with Gasteiger partial charge in [0.25, 0.3) is 0 Å². The fraction of sp³-hybridized carbons (Fsp3) is 0.846. The summed E-state index contributed by atoms with van der Waals surface area (Å²) < 4.78 is 0. The summed E-state index contributed by atoms with van der Waals surface area (Å²) in [5, 5.41) is 11.7. The third kappa shape index (κ3) is 4.20. The summed E-state index contributed by atoms with van der Waals surface area (Å²) in [5.74, 6) is -0.504. The lowest BCUT2D eigenvalue weighted by Crippen LogP contribution is -2.52. The Bertz CT molecular complexity index is 311. The van der Waals surface area contributed by atoms with E-state index in [0.717, 1.165) is 6.54 Å². The first-order chi connectivity index (χ1) is 8.32. The van der Waals surface area contributed by atoms with E-state index in [1.807, 2.05) is 13.8 Å². The molecule has 0 saturated heterocycles. The Morgan fingerprint density at radius 2 is 1.83 bits per heavy atom. The lowest BCUT2D eigenvalue weighted by atomic mass is 10.1. The lowest BCUT2D eigenvalue weighted by molar-refractivity contribution is -0.140. The number of carboxylic acid groups (broad SMARTS) is 1. The quantitative estimate of drug-likeness (QED) is 0.763. The number of amides is 2. The highest BCUT2D eigenvalue weighted by atomic mass is 16.4. The number of carbonyl (C=O) groups excluding carboxylic acids is 1. The molecule has 1 unspecified atom stereocenters. The van der Waals surface area contributed by atoms with Crippen molar-refractivity contribution in [2.24, 2.45) is 11.8 Å². The Kier molecular flexibility index (Phi) is 4.99. The van der Waals surface area contributed by atoms with Crippen molar-refractivity contribution >= 4 is 12.0 Å². The van der Waals surface area contributed by atoms with Gasteiger partial charge in [0.1, 0.15) is 6.04 Å². The maximum Gasteiger partial charge on any atom is 0.326 e. The van der Waals surface area contributed by atoms with Crippen molar-refractivity contribution in [3.63, 3.8) is 0 Å². The summed E-state index contributed by atoms with van der Waals surface area (Å²) in [6.45, 7) is 8.22. The number of nitrogens with one attached hydrogen (secondary N) is 1. The Hall–Kier alpha value is -1.26. The molecule has 2 amide bonds. The van der Waals surface area contributed by atoms with E-state index < -0.39 is 12.0 Å². The van der Waals surface area contributed by atoms with E-state index in [-0.39, 0.29) is 18.0 Å². The zero-order chi connectivity index (χ0) is 13.9. The minimum absolute atomic E-state index is 0.0900. The van der Waals surface area contributed by atoms with Gasteiger partial charge in [-0.15, -0.1) is 0 Å². The summed E-state index contributed by atoms with van der Waals surface area (Å²) in [5.41, 5.74) is 0. The van der Waals surface area contributed by atoms with Crippen LogP contribution >= 0.6 is 0 Å². The topological polar surface area (TPSA) is 69.6 Å². The second-order valence-corrected chi connectivity index (χ2v) is 5.70. The molecule has 1 aliphatic rings. The van der Waals surface area contributed by atoms with Crippen LogP contribution in [0.25, 0.3) is 0 Å². The number of hydrogen-bond acceptors (Lipinski definition) is 2. The highest BCUT2D eigenvalue weighted by Crippen LogP contribution is 2.30. The van der Waals surface area contributed by atoms with Gasteiger partial charge in [-0.05, 0) is 38.5 Å². The minimum Gasteiger partial charge on any atom is -0.480 e. The van der Waals surface area contributed by atoms with Crippen LogP contribution in [0.15, 0.2) is 0 Å². The van der Waals surface area contributed by atoms with Gasteiger partial charge in [-0.3, -0.25) is 0 Å². The molecule has 0 aromatic rings. The van der Waals surface area contributed by atoms with E-state index in [4.69, 9.17) is 5.11 Å². The molecule has 5 nitrogen and oxygen atoms in total. The predicted octanol–water partition coefficient (Wildman–Crippen LogP) is 1.93. The molecule has 2 N–H and O–H groups in total. The lowest BCUT2D eigenvalue weighted by Gasteiger charge is -2.29. The molecule has 0 aromatic heterocycles. The molecule has 0 heterocycles. The first-order valence-corrected chi connectivity index (χ1v) is 6.62. The zero-order valence-corrected chi connectivity index (χ0v) is 11.6. The van der Waals surface area contributed by atoms with Gasteiger partial charge >= 0.3 is 12.0 Å². The van der Waals surface area contributed by atoms with Crippen LogP contribution in [-0.2, 0) is 4.79 Å². The molecule has 0 aliphatic heterocycles. The van der Waals surface area contributed by atoms with Crippen molar-refractivity contribution in [3.05, 3.63) is 0 Å². The summed E-state index contributed by atoms with van der Waals surface area (Å²) in [6, 6.07) is -0.997. The predicted molar refractivity (Wildman–Crippen MR) is 69.4 cm³/mol. The van der Waals surface area contributed by atoms with Crippen molar-refractivity contribution in [1.29, 1.82) is 0 Å². The van der Waals surface area contributed by atoms with Gasteiger partial charge in [0.05, 0.1) is 0 Å². The van der Waals surface area contributed by atoms with Crippen molar-refractivity contribution in [2.45, 2.75) is 52.6 Å². The molecule has 5 heteroatoms. The number of nitrogens with zero attached hydrogens (tertiary/aromatic N) is 1. The Morgan fingerprint density at radius 1 is 1.28 bits per heavy atom. The maximum atomic E-state index is 12.1. The van der Waals surface area contributed by atoms with Gasteiger partial charge in [0, 0.05) is 12.6 Å². The highest BCUT2D eigenvalue weighted by molar-refractivity contribution is 5.82. The average Bonchev–Trinajstić information content (AvgIpc) is 3.04. The number of aliphatic carboxylic acids is 1. The standard InChI is InChI=1S/C13H24N2O3/c1-8(2)11(12(16)17)14-13(18)15(9(3)4)7-10-5-6-10/h8-11H,5-7H2,1-4H3,(H,14,18)(H,16,17).